The second-order valence-corrected chi connectivity index (χ2v) is 6.68. The number of rotatable bonds is 6. The molecule has 5 heteroatoms. The summed E-state index contributed by atoms with van der Waals surface area (Å²) >= 11 is 0. The van der Waals surface area contributed by atoms with E-state index in [1.807, 2.05) is 24.3 Å². The SMILES string of the molecule is CCc1cccc(N(C#N)CC(=O)NC2CCN(C(C)C)CC2)c1. The Balaban J connectivity index is 1.87. The highest BCUT2D eigenvalue weighted by molar-refractivity contribution is 5.82. The highest BCUT2D eigenvalue weighted by Gasteiger charge is 2.22. The number of nitriles is 1. The summed E-state index contributed by atoms with van der Waals surface area (Å²) in [5, 5.41) is 12.5. The lowest BCUT2D eigenvalue weighted by Crippen LogP contribution is -2.48. The molecule has 1 aliphatic heterocycles. The molecule has 1 N–H and O–H groups in total. The maximum Gasteiger partial charge on any atom is 0.241 e. The van der Waals surface area contributed by atoms with Gasteiger partial charge in [0.1, 0.15) is 6.54 Å². The molecule has 1 saturated heterocycles. The fourth-order valence-electron chi connectivity index (χ4n) is 3.11. The van der Waals surface area contributed by atoms with Gasteiger partial charge >= 0.3 is 0 Å². The van der Waals surface area contributed by atoms with Gasteiger partial charge in [-0.2, -0.15) is 5.26 Å². The third-order valence-corrected chi connectivity index (χ3v) is 4.68. The minimum Gasteiger partial charge on any atom is -0.352 e. The van der Waals surface area contributed by atoms with E-state index in [1.165, 1.54) is 4.90 Å². The van der Waals surface area contributed by atoms with Gasteiger partial charge in [0, 0.05) is 25.2 Å². The van der Waals surface area contributed by atoms with E-state index in [1.54, 1.807) is 0 Å². The molecule has 0 bridgehead atoms. The van der Waals surface area contributed by atoms with Crippen LogP contribution in [-0.4, -0.2) is 42.5 Å². The number of carbonyl (C=O) groups is 1. The lowest BCUT2D eigenvalue weighted by molar-refractivity contribution is -0.120. The summed E-state index contributed by atoms with van der Waals surface area (Å²) in [7, 11) is 0. The highest BCUT2D eigenvalue weighted by atomic mass is 16.2. The number of anilines is 1. The van der Waals surface area contributed by atoms with E-state index in [0.717, 1.165) is 43.6 Å². The van der Waals surface area contributed by atoms with Crippen molar-refractivity contribution >= 4 is 11.6 Å². The molecular weight excluding hydrogens is 300 g/mol. The van der Waals surface area contributed by atoms with Crippen LogP contribution in [0.3, 0.4) is 0 Å². The Bertz CT molecular complexity index is 585. The Labute approximate surface area is 145 Å². The van der Waals surface area contributed by atoms with Crippen molar-refractivity contribution in [3.8, 4) is 6.19 Å². The Hall–Kier alpha value is -2.06. The van der Waals surface area contributed by atoms with Gasteiger partial charge in [-0.25, -0.2) is 0 Å². The summed E-state index contributed by atoms with van der Waals surface area (Å²) in [5.41, 5.74) is 1.94. The van der Waals surface area contributed by atoms with E-state index >= 15 is 0 Å². The van der Waals surface area contributed by atoms with Crippen molar-refractivity contribution in [3.05, 3.63) is 29.8 Å². The summed E-state index contributed by atoms with van der Waals surface area (Å²) < 4.78 is 0. The van der Waals surface area contributed by atoms with Crippen LogP contribution >= 0.6 is 0 Å². The summed E-state index contributed by atoms with van der Waals surface area (Å²) in [5.74, 6) is -0.0820. The fourth-order valence-corrected chi connectivity index (χ4v) is 3.11. The van der Waals surface area contributed by atoms with Crippen LogP contribution in [0.2, 0.25) is 0 Å². The smallest absolute Gasteiger partial charge is 0.241 e. The number of aryl methyl sites for hydroxylation is 1. The van der Waals surface area contributed by atoms with Gasteiger partial charge in [-0.3, -0.25) is 9.69 Å². The molecule has 1 aliphatic rings. The van der Waals surface area contributed by atoms with Crippen LogP contribution in [0.15, 0.2) is 24.3 Å². The zero-order chi connectivity index (χ0) is 17.5. The van der Waals surface area contributed by atoms with Crippen molar-refractivity contribution in [2.45, 2.75) is 52.1 Å². The van der Waals surface area contributed by atoms with Gasteiger partial charge in [0.2, 0.25) is 5.91 Å². The first-order valence-electron chi connectivity index (χ1n) is 8.83. The lowest BCUT2D eigenvalue weighted by atomic mass is 10.0. The van der Waals surface area contributed by atoms with Gasteiger partial charge in [-0.05, 0) is 50.8 Å². The van der Waals surface area contributed by atoms with Crippen molar-refractivity contribution in [2.75, 3.05) is 24.5 Å². The molecule has 0 unspecified atom stereocenters. The first kappa shape index (κ1) is 18.3. The first-order chi connectivity index (χ1) is 11.5. The van der Waals surface area contributed by atoms with Crippen LogP contribution < -0.4 is 10.2 Å². The van der Waals surface area contributed by atoms with Gasteiger partial charge < -0.3 is 10.2 Å². The Morgan fingerprint density at radius 3 is 2.71 bits per heavy atom. The van der Waals surface area contributed by atoms with E-state index in [4.69, 9.17) is 0 Å². The number of carbonyl (C=O) groups excluding carboxylic acids is 1. The number of amides is 1. The van der Waals surface area contributed by atoms with Crippen molar-refractivity contribution in [1.29, 1.82) is 5.26 Å². The van der Waals surface area contributed by atoms with Crippen LogP contribution in [0.5, 0.6) is 0 Å². The summed E-state index contributed by atoms with van der Waals surface area (Å²) in [6.07, 6.45) is 4.98. The highest BCUT2D eigenvalue weighted by Crippen LogP contribution is 2.16. The Morgan fingerprint density at radius 1 is 1.42 bits per heavy atom. The van der Waals surface area contributed by atoms with Gasteiger partial charge in [0.25, 0.3) is 0 Å². The van der Waals surface area contributed by atoms with Crippen LogP contribution in [0.1, 0.15) is 39.2 Å². The molecule has 0 atom stereocenters. The molecule has 130 valence electrons. The first-order valence-corrected chi connectivity index (χ1v) is 8.83. The van der Waals surface area contributed by atoms with Gasteiger partial charge in [-0.15, -0.1) is 0 Å². The van der Waals surface area contributed by atoms with E-state index in [0.29, 0.717) is 6.04 Å². The minimum atomic E-state index is -0.0820. The number of piperidine rings is 1. The van der Waals surface area contributed by atoms with E-state index in [-0.39, 0.29) is 18.5 Å². The standard InChI is InChI=1S/C19H28N4O/c1-4-16-6-5-7-18(12-16)23(14-20)13-19(24)21-17-8-10-22(11-9-17)15(2)3/h5-7,12,15,17H,4,8-11,13H2,1-3H3,(H,21,24). The molecule has 1 heterocycles. The predicted molar refractivity (Wildman–Crippen MR) is 96.7 cm³/mol. The molecule has 0 aromatic heterocycles. The molecule has 5 nitrogen and oxygen atoms in total. The second kappa shape index (κ2) is 8.70. The maximum absolute atomic E-state index is 12.3. The van der Waals surface area contributed by atoms with Crippen molar-refractivity contribution in [2.24, 2.45) is 0 Å². The summed E-state index contributed by atoms with van der Waals surface area (Å²) in [6, 6.07) is 8.57. The van der Waals surface area contributed by atoms with Crippen LogP contribution in [-0.2, 0) is 11.2 Å². The molecule has 0 saturated carbocycles. The summed E-state index contributed by atoms with van der Waals surface area (Å²) in [6.45, 7) is 8.59. The normalized spacial score (nSPS) is 16.0. The Kier molecular flexibility index (Phi) is 6.62. The average molecular weight is 328 g/mol. The van der Waals surface area contributed by atoms with Crippen molar-refractivity contribution in [1.82, 2.24) is 10.2 Å². The molecule has 1 aromatic rings. The molecular formula is C19H28N4O. The van der Waals surface area contributed by atoms with Crippen molar-refractivity contribution < 1.29 is 4.79 Å². The lowest BCUT2D eigenvalue weighted by Gasteiger charge is -2.35. The van der Waals surface area contributed by atoms with Crippen LogP contribution in [0, 0.1) is 11.5 Å². The number of benzene rings is 1. The van der Waals surface area contributed by atoms with Gasteiger partial charge in [0.05, 0.1) is 5.69 Å². The number of hydrogen-bond donors (Lipinski definition) is 1. The van der Waals surface area contributed by atoms with E-state index in [9.17, 15) is 10.1 Å². The van der Waals surface area contributed by atoms with E-state index < -0.39 is 0 Å². The Morgan fingerprint density at radius 2 is 2.12 bits per heavy atom. The largest absolute Gasteiger partial charge is 0.352 e. The quantitative estimate of drug-likeness (QED) is 0.644. The fraction of sp³-hybridized carbons (Fsp3) is 0.579. The monoisotopic (exact) mass is 328 g/mol. The molecule has 0 aliphatic carbocycles. The molecule has 1 aromatic carbocycles. The average Bonchev–Trinajstić information content (AvgIpc) is 2.60. The second-order valence-electron chi connectivity index (χ2n) is 6.68. The van der Waals surface area contributed by atoms with Crippen molar-refractivity contribution in [3.63, 3.8) is 0 Å². The third kappa shape index (κ3) is 4.97. The van der Waals surface area contributed by atoms with Crippen LogP contribution in [0.4, 0.5) is 5.69 Å². The number of likely N-dealkylation sites (tertiary alicyclic amines) is 1. The predicted octanol–water partition coefficient (Wildman–Crippen LogP) is 2.53. The third-order valence-electron chi connectivity index (χ3n) is 4.68. The van der Waals surface area contributed by atoms with Crippen LogP contribution in [0.25, 0.3) is 0 Å². The van der Waals surface area contributed by atoms with Gasteiger partial charge in [-0.1, -0.05) is 19.1 Å². The minimum absolute atomic E-state index is 0.0774. The molecule has 0 radical (unpaired) electrons. The number of nitrogens with one attached hydrogen (secondary N) is 1. The topological polar surface area (TPSA) is 59.4 Å². The molecule has 24 heavy (non-hydrogen) atoms. The molecule has 0 spiro atoms. The molecule has 1 amide bonds. The van der Waals surface area contributed by atoms with Gasteiger partial charge in [0.15, 0.2) is 6.19 Å². The number of nitrogens with zero attached hydrogens (tertiary/aromatic N) is 3. The number of hydrogen-bond acceptors (Lipinski definition) is 4. The molecule has 2 rings (SSSR count). The maximum atomic E-state index is 12.3. The zero-order valence-electron chi connectivity index (χ0n) is 15.0. The zero-order valence-corrected chi connectivity index (χ0v) is 15.0. The molecule has 1 fully saturated rings. The summed E-state index contributed by atoms with van der Waals surface area (Å²) in [4.78, 5) is 16.2. The van der Waals surface area contributed by atoms with E-state index in [2.05, 4.69) is 37.2 Å².